The topological polar surface area (TPSA) is 44.0 Å². The molecule has 1 N–H and O–H groups in total. The molecule has 0 saturated carbocycles. The lowest BCUT2D eigenvalue weighted by atomic mass is 9.87. The van der Waals surface area contributed by atoms with Crippen LogP contribution in [0.4, 0.5) is 13.2 Å². The summed E-state index contributed by atoms with van der Waals surface area (Å²) in [6, 6.07) is 10.1. The Balaban J connectivity index is 2.46. The molecular weight excluding hydrogens is 351 g/mol. The van der Waals surface area contributed by atoms with E-state index in [1.54, 1.807) is 18.2 Å². The number of nitrogens with zero attached hydrogens (tertiary/aromatic N) is 1. The summed E-state index contributed by atoms with van der Waals surface area (Å²) in [6.45, 7) is 6.29. The van der Waals surface area contributed by atoms with Crippen LogP contribution in [0.5, 0.6) is 5.75 Å². The first kappa shape index (κ1) is 20.4. The van der Waals surface area contributed by atoms with Gasteiger partial charge in [-0.15, -0.1) is 0 Å². The summed E-state index contributed by atoms with van der Waals surface area (Å²) in [4.78, 5) is 0. The molecule has 0 aromatic heterocycles. The van der Waals surface area contributed by atoms with Gasteiger partial charge in [0.2, 0.25) is 0 Å². The van der Waals surface area contributed by atoms with Crippen molar-refractivity contribution in [2.24, 2.45) is 5.41 Å². The highest BCUT2D eigenvalue weighted by molar-refractivity contribution is 5.53. The van der Waals surface area contributed by atoms with Crippen molar-refractivity contribution in [2.45, 2.75) is 39.8 Å². The van der Waals surface area contributed by atoms with Crippen molar-refractivity contribution >= 4 is 0 Å². The molecule has 0 saturated heterocycles. The molecule has 0 aliphatic heterocycles. The lowest BCUT2D eigenvalue weighted by molar-refractivity contribution is -0.137. The van der Waals surface area contributed by atoms with Crippen molar-refractivity contribution in [3.63, 3.8) is 0 Å². The van der Waals surface area contributed by atoms with Crippen LogP contribution in [0, 0.1) is 28.6 Å². The predicted octanol–water partition coefficient (Wildman–Crippen LogP) is 5.66. The number of aryl methyl sites for hydroxylation is 1. The van der Waals surface area contributed by atoms with Crippen LogP contribution < -0.4 is 0 Å². The Morgan fingerprint density at radius 1 is 0.963 bits per heavy atom. The van der Waals surface area contributed by atoms with Gasteiger partial charge >= 0.3 is 6.18 Å². The number of halogens is 3. The number of benzene rings is 2. The standard InChI is InChI=1S/C22H20F3NO/c1-21(2,3)11-10-18-12-15(14-26)4-5-16(18)6-7-17-8-9-19(27)13-20(17)22(23,24)25/h4-5,8-9,12-13,27H,10-11H2,1-3H3. The molecule has 0 radical (unpaired) electrons. The first-order chi connectivity index (χ1) is 12.5. The van der Waals surface area contributed by atoms with Crippen molar-refractivity contribution < 1.29 is 18.3 Å². The summed E-state index contributed by atoms with van der Waals surface area (Å²) >= 11 is 0. The molecule has 0 unspecified atom stereocenters. The number of rotatable bonds is 2. The summed E-state index contributed by atoms with van der Waals surface area (Å²) in [5.41, 5.74) is 0.827. The van der Waals surface area contributed by atoms with E-state index in [1.807, 2.05) is 0 Å². The average Bonchev–Trinajstić information content (AvgIpc) is 2.57. The van der Waals surface area contributed by atoms with Crippen LogP contribution in [0.3, 0.4) is 0 Å². The van der Waals surface area contributed by atoms with Crippen LogP contribution >= 0.6 is 0 Å². The van der Waals surface area contributed by atoms with Crippen LogP contribution in [-0.2, 0) is 12.6 Å². The monoisotopic (exact) mass is 371 g/mol. The number of aromatic hydroxyl groups is 1. The molecule has 140 valence electrons. The van der Waals surface area contributed by atoms with Crippen molar-refractivity contribution in [1.82, 2.24) is 0 Å². The van der Waals surface area contributed by atoms with E-state index in [9.17, 15) is 18.3 Å². The third kappa shape index (κ3) is 5.79. The van der Waals surface area contributed by atoms with Gasteiger partial charge in [0.05, 0.1) is 17.2 Å². The van der Waals surface area contributed by atoms with Gasteiger partial charge in [-0.2, -0.15) is 18.4 Å². The number of phenols is 1. The van der Waals surface area contributed by atoms with E-state index >= 15 is 0 Å². The zero-order valence-corrected chi connectivity index (χ0v) is 15.4. The summed E-state index contributed by atoms with van der Waals surface area (Å²) in [5.74, 6) is 4.92. The van der Waals surface area contributed by atoms with E-state index in [4.69, 9.17) is 5.26 Å². The zero-order valence-electron chi connectivity index (χ0n) is 15.4. The molecule has 0 fully saturated rings. The molecule has 0 heterocycles. The minimum atomic E-state index is -4.61. The van der Waals surface area contributed by atoms with E-state index in [0.29, 0.717) is 23.6 Å². The fraction of sp³-hybridized carbons (Fsp3) is 0.318. The van der Waals surface area contributed by atoms with Crippen LogP contribution in [0.25, 0.3) is 0 Å². The molecule has 0 bridgehead atoms. The number of hydrogen-bond acceptors (Lipinski definition) is 2. The molecule has 2 nitrogen and oxygen atoms in total. The molecule has 0 aliphatic carbocycles. The first-order valence-electron chi connectivity index (χ1n) is 8.45. The van der Waals surface area contributed by atoms with E-state index in [2.05, 4.69) is 38.7 Å². The summed E-state index contributed by atoms with van der Waals surface area (Å²) in [5, 5.41) is 18.5. The predicted molar refractivity (Wildman–Crippen MR) is 98.0 cm³/mol. The second kappa shape index (κ2) is 7.76. The Kier molecular flexibility index (Phi) is 5.86. The minimum Gasteiger partial charge on any atom is -0.508 e. The summed E-state index contributed by atoms with van der Waals surface area (Å²) in [7, 11) is 0. The molecule has 0 spiro atoms. The lowest BCUT2D eigenvalue weighted by Gasteiger charge is -2.18. The van der Waals surface area contributed by atoms with Crippen molar-refractivity contribution in [1.29, 1.82) is 5.26 Å². The highest BCUT2D eigenvalue weighted by atomic mass is 19.4. The number of phenolic OH excluding ortho intramolecular Hbond substituents is 1. The van der Waals surface area contributed by atoms with E-state index in [-0.39, 0.29) is 11.0 Å². The lowest BCUT2D eigenvalue weighted by Crippen LogP contribution is -2.08. The van der Waals surface area contributed by atoms with Gasteiger partial charge in [0.15, 0.2) is 0 Å². The molecule has 5 heteroatoms. The normalized spacial score (nSPS) is 11.4. The second-order valence-electron chi connectivity index (χ2n) is 7.52. The molecule has 27 heavy (non-hydrogen) atoms. The molecule has 0 aliphatic rings. The third-order valence-electron chi connectivity index (χ3n) is 4.02. The Labute approximate surface area is 157 Å². The van der Waals surface area contributed by atoms with Crippen molar-refractivity contribution in [3.8, 4) is 23.7 Å². The van der Waals surface area contributed by atoms with Crippen LogP contribution in [0.1, 0.15) is 55.0 Å². The fourth-order valence-electron chi connectivity index (χ4n) is 2.51. The van der Waals surface area contributed by atoms with Gasteiger partial charge in [-0.05, 0) is 60.2 Å². The molecule has 0 atom stereocenters. The zero-order chi connectivity index (χ0) is 20.2. The minimum absolute atomic E-state index is 0.0771. The first-order valence-corrected chi connectivity index (χ1v) is 8.45. The van der Waals surface area contributed by atoms with E-state index in [0.717, 1.165) is 18.1 Å². The Morgan fingerprint density at radius 2 is 1.59 bits per heavy atom. The van der Waals surface area contributed by atoms with Gasteiger partial charge in [0.1, 0.15) is 5.75 Å². The van der Waals surface area contributed by atoms with Crippen LogP contribution in [0.15, 0.2) is 36.4 Å². The van der Waals surface area contributed by atoms with Gasteiger partial charge in [-0.25, -0.2) is 0 Å². The van der Waals surface area contributed by atoms with Crippen LogP contribution in [-0.4, -0.2) is 5.11 Å². The molecule has 2 rings (SSSR count). The van der Waals surface area contributed by atoms with Crippen molar-refractivity contribution in [2.75, 3.05) is 0 Å². The summed E-state index contributed by atoms with van der Waals surface area (Å²) in [6.07, 6.45) is -3.09. The molecule has 2 aromatic rings. The van der Waals surface area contributed by atoms with Gasteiger partial charge in [0.25, 0.3) is 0 Å². The quantitative estimate of drug-likeness (QED) is 0.692. The maximum atomic E-state index is 13.2. The smallest absolute Gasteiger partial charge is 0.417 e. The van der Waals surface area contributed by atoms with Gasteiger partial charge < -0.3 is 5.11 Å². The van der Waals surface area contributed by atoms with E-state index < -0.39 is 17.5 Å². The van der Waals surface area contributed by atoms with Gasteiger partial charge in [-0.1, -0.05) is 32.6 Å². The van der Waals surface area contributed by atoms with E-state index in [1.165, 1.54) is 6.07 Å². The maximum absolute atomic E-state index is 13.2. The highest BCUT2D eigenvalue weighted by Crippen LogP contribution is 2.34. The fourth-order valence-corrected chi connectivity index (χ4v) is 2.51. The van der Waals surface area contributed by atoms with Crippen LogP contribution in [0.2, 0.25) is 0 Å². The largest absolute Gasteiger partial charge is 0.508 e. The number of nitriles is 1. The molecule has 2 aromatic carbocycles. The number of hydrogen-bond donors (Lipinski definition) is 1. The Hall–Kier alpha value is -2.92. The van der Waals surface area contributed by atoms with Gasteiger partial charge in [0, 0.05) is 11.1 Å². The molecule has 0 amide bonds. The Bertz CT molecular complexity index is 935. The van der Waals surface area contributed by atoms with Crippen molar-refractivity contribution in [3.05, 3.63) is 64.2 Å². The molecular formula is C22H20F3NO. The third-order valence-corrected chi connectivity index (χ3v) is 4.02. The number of alkyl halides is 3. The Morgan fingerprint density at radius 3 is 2.19 bits per heavy atom. The van der Waals surface area contributed by atoms with Gasteiger partial charge in [-0.3, -0.25) is 0 Å². The highest BCUT2D eigenvalue weighted by Gasteiger charge is 2.33. The summed E-state index contributed by atoms with van der Waals surface area (Å²) < 4.78 is 39.5. The second-order valence-corrected chi connectivity index (χ2v) is 7.52. The SMILES string of the molecule is CC(C)(C)CCc1cc(C#N)ccc1C#Cc1ccc(O)cc1C(F)(F)F. The average molecular weight is 371 g/mol. The maximum Gasteiger partial charge on any atom is 0.417 e.